The van der Waals surface area contributed by atoms with E-state index in [0.29, 0.717) is 42.9 Å². The monoisotopic (exact) mass is 448 g/mol. The second-order valence-electron chi connectivity index (χ2n) is 10.9. The summed E-state index contributed by atoms with van der Waals surface area (Å²) in [6.45, 7) is 3.86. The Hall–Kier alpha value is -0.770. The first-order chi connectivity index (χ1) is 15.7. The van der Waals surface area contributed by atoms with E-state index in [1.165, 1.54) is 44.9 Å². The van der Waals surface area contributed by atoms with E-state index >= 15 is 0 Å². The minimum atomic E-state index is 0.138. The molecule has 5 rings (SSSR count). The van der Waals surface area contributed by atoms with Crippen molar-refractivity contribution in [3.8, 4) is 0 Å². The van der Waals surface area contributed by atoms with E-state index in [9.17, 15) is 4.79 Å². The van der Waals surface area contributed by atoms with Gasteiger partial charge in [0.05, 0.1) is 31.1 Å². The number of fused-ring (bicyclic) bond motifs is 1. The van der Waals surface area contributed by atoms with Crippen molar-refractivity contribution in [3.63, 3.8) is 0 Å². The SMILES string of the molecule is CN1C(CNC2CCCC(C(=O)N[C@@H]3COC4CCCCC43)C2)NNC1C1CCNCC1. The van der Waals surface area contributed by atoms with Crippen LogP contribution in [-0.4, -0.2) is 74.6 Å². The molecule has 0 aromatic carbocycles. The molecule has 7 atom stereocenters. The molecule has 182 valence electrons. The number of hydrazine groups is 1. The Balaban J connectivity index is 1.06. The number of nitrogens with zero attached hydrogens (tertiary/aromatic N) is 1. The Bertz CT molecular complexity index is 630. The topological polar surface area (TPSA) is 89.7 Å². The van der Waals surface area contributed by atoms with Crippen LogP contribution in [0.3, 0.4) is 0 Å². The zero-order chi connectivity index (χ0) is 21.9. The molecule has 8 nitrogen and oxygen atoms in total. The number of carbonyl (C=O) groups excluding carboxylic acids is 1. The highest BCUT2D eigenvalue weighted by Crippen LogP contribution is 2.35. The summed E-state index contributed by atoms with van der Waals surface area (Å²) in [5.74, 6) is 1.64. The fourth-order valence-electron chi connectivity index (χ4n) is 6.87. The van der Waals surface area contributed by atoms with E-state index in [-0.39, 0.29) is 17.9 Å². The number of nitrogens with one attached hydrogen (secondary N) is 5. The fourth-order valence-corrected chi connectivity index (χ4v) is 6.87. The summed E-state index contributed by atoms with van der Waals surface area (Å²) in [6, 6.07) is 0.658. The first kappa shape index (κ1) is 23.0. The number of rotatable bonds is 6. The van der Waals surface area contributed by atoms with Crippen LogP contribution in [0.4, 0.5) is 0 Å². The molecule has 0 radical (unpaired) electrons. The minimum Gasteiger partial charge on any atom is -0.376 e. The lowest BCUT2D eigenvalue weighted by Crippen LogP contribution is -2.50. The molecule has 0 spiro atoms. The van der Waals surface area contributed by atoms with Crippen LogP contribution in [0.15, 0.2) is 0 Å². The largest absolute Gasteiger partial charge is 0.376 e. The van der Waals surface area contributed by atoms with Crippen LogP contribution in [0.5, 0.6) is 0 Å². The second kappa shape index (κ2) is 10.7. The summed E-state index contributed by atoms with van der Waals surface area (Å²) < 4.78 is 5.99. The van der Waals surface area contributed by atoms with Gasteiger partial charge in [-0.3, -0.25) is 9.69 Å². The quantitative estimate of drug-likeness (QED) is 0.413. The molecule has 3 saturated heterocycles. The van der Waals surface area contributed by atoms with Gasteiger partial charge in [-0.2, -0.15) is 0 Å². The molecule has 32 heavy (non-hydrogen) atoms. The van der Waals surface area contributed by atoms with Gasteiger partial charge in [0.15, 0.2) is 0 Å². The third-order valence-corrected chi connectivity index (χ3v) is 8.89. The highest BCUT2D eigenvalue weighted by atomic mass is 16.5. The average Bonchev–Trinajstić information content (AvgIpc) is 3.42. The highest BCUT2D eigenvalue weighted by molar-refractivity contribution is 5.79. The van der Waals surface area contributed by atoms with Crippen molar-refractivity contribution >= 4 is 5.91 Å². The summed E-state index contributed by atoms with van der Waals surface area (Å²) in [7, 11) is 2.23. The van der Waals surface area contributed by atoms with Gasteiger partial charge in [-0.1, -0.05) is 19.3 Å². The van der Waals surface area contributed by atoms with Gasteiger partial charge >= 0.3 is 0 Å². The highest BCUT2D eigenvalue weighted by Gasteiger charge is 2.41. The molecule has 2 aliphatic carbocycles. The average molecular weight is 449 g/mol. The Labute approximate surface area is 193 Å². The van der Waals surface area contributed by atoms with Crippen molar-refractivity contribution in [2.45, 2.75) is 94.7 Å². The van der Waals surface area contributed by atoms with Gasteiger partial charge in [0.1, 0.15) is 0 Å². The third-order valence-electron chi connectivity index (χ3n) is 8.89. The number of hydrogen-bond acceptors (Lipinski definition) is 7. The first-order valence-corrected chi connectivity index (χ1v) is 13.3. The van der Waals surface area contributed by atoms with Crippen LogP contribution in [0.1, 0.15) is 64.2 Å². The summed E-state index contributed by atoms with van der Waals surface area (Å²) in [5.41, 5.74) is 7.04. The predicted molar refractivity (Wildman–Crippen MR) is 125 cm³/mol. The molecule has 0 aromatic heterocycles. The van der Waals surface area contributed by atoms with E-state index < -0.39 is 0 Å². The van der Waals surface area contributed by atoms with Crippen molar-refractivity contribution in [2.24, 2.45) is 17.8 Å². The minimum absolute atomic E-state index is 0.138. The normalized spacial score (nSPS) is 41.5. The van der Waals surface area contributed by atoms with Crippen molar-refractivity contribution in [1.82, 2.24) is 31.7 Å². The smallest absolute Gasteiger partial charge is 0.223 e. The van der Waals surface area contributed by atoms with Gasteiger partial charge in [0.2, 0.25) is 5.91 Å². The number of ether oxygens (including phenoxy) is 1. The molecule has 5 N–H and O–H groups in total. The number of amides is 1. The van der Waals surface area contributed by atoms with Crippen LogP contribution < -0.4 is 26.8 Å². The molecular formula is C24H44N6O2. The van der Waals surface area contributed by atoms with Crippen molar-refractivity contribution in [2.75, 3.05) is 33.3 Å². The lowest BCUT2D eigenvalue weighted by molar-refractivity contribution is -0.127. The van der Waals surface area contributed by atoms with E-state index in [0.717, 1.165) is 38.9 Å². The van der Waals surface area contributed by atoms with Crippen LogP contribution >= 0.6 is 0 Å². The molecule has 8 heteroatoms. The summed E-state index contributed by atoms with van der Waals surface area (Å²) in [4.78, 5) is 15.5. The third kappa shape index (κ3) is 5.15. The Morgan fingerprint density at radius 3 is 2.75 bits per heavy atom. The standard InChI is InChI=1S/C24H44N6O2/c1-30-22(28-29-23(30)16-9-11-25-12-10-16)14-26-18-6-4-5-17(13-18)24(31)27-20-15-32-21-8-3-2-7-19(20)21/h16-23,25-26,28-29H,2-15H2,1H3,(H,27,31)/t17?,18?,19?,20-,21?,22?,23?/m1/s1. The zero-order valence-electron chi connectivity index (χ0n) is 19.8. The van der Waals surface area contributed by atoms with Gasteiger partial charge in [0.25, 0.3) is 0 Å². The first-order valence-electron chi connectivity index (χ1n) is 13.3. The maximum absolute atomic E-state index is 13.1. The molecule has 5 aliphatic rings. The molecule has 6 unspecified atom stereocenters. The van der Waals surface area contributed by atoms with Crippen LogP contribution in [0.2, 0.25) is 0 Å². The lowest BCUT2D eigenvalue weighted by atomic mass is 9.82. The summed E-state index contributed by atoms with van der Waals surface area (Å²) in [5, 5.41) is 10.6. The number of hydrogen-bond donors (Lipinski definition) is 5. The summed E-state index contributed by atoms with van der Waals surface area (Å²) in [6.07, 6.45) is 12.8. The number of likely N-dealkylation sites (N-methyl/N-ethyl adjacent to an activating group) is 1. The Morgan fingerprint density at radius 1 is 1.03 bits per heavy atom. The van der Waals surface area contributed by atoms with Crippen molar-refractivity contribution in [1.29, 1.82) is 0 Å². The van der Waals surface area contributed by atoms with E-state index in [1.54, 1.807) is 0 Å². The Morgan fingerprint density at radius 2 is 1.88 bits per heavy atom. The number of piperidine rings is 1. The van der Waals surface area contributed by atoms with Crippen LogP contribution in [0, 0.1) is 17.8 Å². The zero-order valence-corrected chi connectivity index (χ0v) is 19.8. The van der Waals surface area contributed by atoms with E-state index in [2.05, 4.69) is 38.7 Å². The second-order valence-corrected chi connectivity index (χ2v) is 10.9. The molecule has 2 saturated carbocycles. The molecule has 0 aromatic rings. The molecule has 3 heterocycles. The summed E-state index contributed by atoms with van der Waals surface area (Å²) >= 11 is 0. The van der Waals surface area contributed by atoms with Gasteiger partial charge in [-0.05, 0) is 71.0 Å². The molecule has 1 amide bonds. The Kier molecular flexibility index (Phi) is 7.66. The maximum atomic E-state index is 13.1. The predicted octanol–water partition coefficient (Wildman–Crippen LogP) is 0.900. The lowest BCUT2D eigenvalue weighted by Gasteiger charge is -2.34. The van der Waals surface area contributed by atoms with Crippen LogP contribution in [0.25, 0.3) is 0 Å². The van der Waals surface area contributed by atoms with E-state index in [4.69, 9.17) is 4.74 Å². The molecule has 0 bridgehead atoms. The molecule has 3 aliphatic heterocycles. The van der Waals surface area contributed by atoms with E-state index in [1.807, 2.05) is 0 Å². The fraction of sp³-hybridized carbons (Fsp3) is 0.958. The van der Waals surface area contributed by atoms with Gasteiger partial charge in [0, 0.05) is 24.4 Å². The van der Waals surface area contributed by atoms with Gasteiger partial charge < -0.3 is 20.7 Å². The maximum Gasteiger partial charge on any atom is 0.223 e. The van der Waals surface area contributed by atoms with Gasteiger partial charge in [-0.15, -0.1) is 0 Å². The molecule has 5 fully saturated rings. The van der Waals surface area contributed by atoms with Crippen molar-refractivity contribution in [3.05, 3.63) is 0 Å². The molecular weight excluding hydrogens is 404 g/mol. The van der Waals surface area contributed by atoms with Crippen LogP contribution in [-0.2, 0) is 9.53 Å². The number of carbonyl (C=O) groups is 1. The van der Waals surface area contributed by atoms with Gasteiger partial charge in [-0.25, -0.2) is 10.9 Å². The van der Waals surface area contributed by atoms with Crippen molar-refractivity contribution < 1.29 is 9.53 Å².